The maximum atomic E-state index is 5.48. The average Bonchev–Trinajstić information content (AvgIpc) is 3.02. The number of morpholine rings is 1. The Bertz CT molecular complexity index is 226. The van der Waals surface area contributed by atoms with Crippen molar-refractivity contribution in [3.05, 3.63) is 0 Å². The lowest BCUT2D eigenvalue weighted by Crippen LogP contribution is -2.49. The van der Waals surface area contributed by atoms with Crippen LogP contribution in [0.3, 0.4) is 0 Å². The highest BCUT2D eigenvalue weighted by Crippen LogP contribution is 2.23. The Morgan fingerprint density at radius 1 is 1.38 bits per heavy atom. The van der Waals surface area contributed by atoms with E-state index in [2.05, 4.69) is 31.0 Å². The van der Waals surface area contributed by atoms with Gasteiger partial charge in [0.05, 0.1) is 13.2 Å². The minimum atomic E-state index is 0.369. The van der Waals surface area contributed by atoms with Gasteiger partial charge in [0.25, 0.3) is 0 Å². The molecule has 1 aliphatic carbocycles. The largest absolute Gasteiger partial charge is 0.379 e. The third-order valence-electron chi connectivity index (χ3n) is 3.58. The Kier molecular flexibility index (Phi) is 3.88. The fraction of sp³-hybridized carbons (Fsp3) is 1.00. The van der Waals surface area contributed by atoms with Crippen LogP contribution in [0.5, 0.6) is 0 Å². The maximum Gasteiger partial charge on any atom is 0.0619 e. The molecule has 0 aromatic carbocycles. The van der Waals surface area contributed by atoms with Crippen LogP contribution in [0.1, 0.15) is 33.6 Å². The molecule has 0 aromatic rings. The number of hydrogen-bond acceptors (Lipinski definition) is 3. The molecule has 1 N–H and O–H groups in total. The molecule has 0 radical (unpaired) electrons. The van der Waals surface area contributed by atoms with Crippen molar-refractivity contribution in [2.75, 3.05) is 32.8 Å². The Morgan fingerprint density at radius 3 is 2.75 bits per heavy atom. The summed E-state index contributed by atoms with van der Waals surface area (Å²) in [4.78, 5) is 2.57. The molecular weight excluding hydrogens is 200 g/mol. The monoisotopic (exact) mass is 226 g/mol. The zero-order valence-electron chi connectivity index (χ0n) is 11.0. The highest BCUT2D eigenvalue weighted by Gasteiger charge is 2.29. The first-order valence-electron chi connectivity index (χ1n) is 6.62. The Hall–Kier alpha value is -0.120. The van der Waals surface area contributed by atoms with E-state index in [0.717, 1.165) is 32.3 Å². The van der Waals surface area contributed by atoms with Crippen molar-refractivity contribution in [1.29, 1.82) is 0 Å². The van der Waals surface area contributed by atoms with Crippen molar-refractivity contribution in [2.24, 2.45) is 5.41 Å². The second-order valence-corrected chi connectivity index (χ2v) is 6.21. The molecule has 2 fully saturated rings. The fourth-order valence-corrected chi connectivity index (χ4v) is 2.31. The van der Waals surface area contributed by atoms with Crippen LogP contribution in [0, 0.1) is 5.41 Å². The van der Waals surface area contributed by atoms with Gasteiger partial charge in [-0.25, -0.2) is 0 Å². The third kappa shape index (κ3) is 3.72. The molecule has 2 rings (SSSR count). The molecule has 0 bridgehead atoms. The molecule has 2 aliphatic rings. The summed E-state index contributed by atoms with van der Waals surface area (Å²) in [5.74, 6) is 0. The van der Waals surface area contributed by atoms with Crippen molar-refractivity contribution < 1.29 is 4.74 Å². The summed E-state index contributed by atoms with van der Waals surface area (Å²) in [6.07, 6.45) is 2.76. The summed E-state index contributed by atoms with van der Waals surface area (Å²) < 4.78 is 5.48. The molecule has 0 amide bonds. The minimum absolute atomic E-state index is 0.369. The van der Waals surface area contributed by atoms with Crippen LogP contribution in [0.2, 0.25) is 0 Å². The van der Waals surface area contributed by atoms with Gasteiger partial charge in [0.1, 0.15) is 0 Å². The molecular formula is C13H26N2O. The number of nitrogens with one attached hydrogen (secondary N) is 1. The first-order chi connectivity index (χ1) is 7.57. The summed E-state index contributed by atoms with van der Waals surface area (Å²) in [6, 6.07) is 1.40. The molecule has 1 saturated heterocycles. The van der Waals surface area contributed by atoms with E-state index in [9.17, 15) is 0 Å². The predicted molar refractivity (Wildman–Crippen MR) is 66.7 cm³/mol. The van der Waals surface area contributed by atoms with Gasteiger partial charge < -0.3 is 10.1 Å². The van der Waals surface area contributed by atoms with Crippen molar-refractivity contribution in [3.8, 4) is 0 Å². The quantitative estimate of drug-likeness (QED) is 0.768. The van der Waals surface area contributed by atoms with Crippen LogP contribution in [0.25, 0.3) is 0 Å². The summed E-state index contributed by atoms with van der Waals surface area (Å²) >= 11 is 0. The van der Waals surface area contributed by atoms with Crippen molar-refractivity contribution in [2.45, 2.75) is 45.7 Å². The zero-order chi connectivity index (χ0) is 11.6. The van der Waals surface area contributed by atoms with E-state index in [1.54, 1.807) is 0 Å². The smallest absolute Gasteiger partial charge is 0.0619 e. The molecule has 0 spiro atoms. The minimum Gasteiger partial charge on any atom is -0.379 e. The van der Waals surface area contributed by atoms with Gasteiger partial charge in [-0.15, -0.1) is 0 Å². The van der Waals surface area contributed by atoms with Gasteiger partial charge in [-0.1, -0.05) is 13.8 Å². The second kappa shape index (κ2) is 5.03. The first kappa shape index (κ1) is 12.3. The SMILES string of the molecule is CC1COCCN1CC(C)(C)CNC1CC1. The first-order valence-corrected chi connectivity index (χ1v) is 6.62. The molecule has 1 saturated carbocycles. The van der Waals surface area contributed by atoms with Crippen molar-refractivity contribution in [3.63, 3.8) is 0 Å². The standard InChI is InChI=1S/C13H26N2O/c1-11-8-16-7-6-15(11)10-13(2,3)9-14-12-4-5-12/h11-12,14H,4-10H2,1-3H3. The van der Waals surface area contributed by atoms with Gasteiger partial charge in [0.15, 0.2) is 0 Å². The van der Waals surface area contributed by atoms with Crippen LogP contribution in [0.15, 0.2) is 0 Å². The van der Waals surface area contributed by atoms with E-state index in [-0.39, 0.29) is 0 Å². The lowest BCUT2D eigenvalue weighted by atomic mass is 9.92. The lowest BCUT2D eigenvalue weighted by molar-refractivity contribution is -0.0158. The van der Waals surface area contributed by atoms with E-state index in [0.29, 0.717) is 11.5 Å². The number of rotatable bonds is 5. The van der Waals surface area contributed by atoms with Gasteiger partial charge in [-0.3, -0.25) is 4.90 Å². The fourth-order valence-electron chi connectivity index (χ4n) is 2.31. The number of ether oxygens (including phenoxy) is 1. The lowest BCUT2D eigenvalue weighted by Gasteiger charge is -2.39. The third-order valence-corrected chi connectivity index (χ3v) is 3.58. The van der Waals surface area contributed by atoms with E-state index >= 15 is 0 Å². The number of nitrogens with zero attached hydrogens (tertiary/aromatic N) is 1. The van der Waals surface area contributed by atoms with Gasteiger partial charge in [-0.2, -0.15) is 0 Å². The predicted octanol–water partition coefficient (Wildman–Crippen LogP) is 1.49. The molecule has 1 heterocycles. The van der Waals surface area contributed by atoms with Crippen LogP contribution < -0.4 is 5.32 Å². The number of hydrogen-bond donors (Lipinski definition) is 1. The van der Waals surface area contributed by atoms with E-state index in [1.807, 2.05) is 0 Å². The molecule has 3 heteroatoms. The normalized spacial score (nSPS) is 28.3. The van der Waals surface area contributed by atoms with Gasteiger partial charge in [0, 0.05) is 31.7 Å². The van der Waals surface area contributed by atoms with Gasteiger partial charge in [0.2, 0.25) is 0 Å². The molecule has 0 aromatic heterocycles. The molecule has 3 nitrogen and oxygen atoms in total. The molecule has 16 heavy (non-hydrogen) atoms. The van der Waals surface area contributed by atoms with E-state index in [4.69, 9.17) is 4.74 Å². The van der Waals surface area contributed by atoms with Gasteiger partial charge in [-0.05, 0) is 25.2 Å². The van der Waals surface area contributed by atoms with Crippen LogP contribution in [-0.4, -0.2) is 49.8 Å². The Labute approximate surface area is 99.5 Å². The summed E-state index contributed by atoms with van der Waals surface area (Å²) in [6.45, 7) is 12.2. The average molecular weight is 226 g/mol. The van der Waals surface area contributed by atoms with E-state index < -0.39 is 0 Å². The summed E-state index contributed by atoms with van der Waals surface area (Å²) in [5.41, 5.74) is 0.369. The van der Waals surface area contributed by atoms with Crippen LogP contribution >= 0.6 is 0 Å². The topological polar surface area (TPSA) is 24.5 Å². The van der Waals surface area contributed by atoms with Crippen molar-refractivity contribution in [1.82, 2.24) is 10.2 Å². The molecule has 94 valence electrons. The summed E-state index contributed by atoms with van der Waals surface area (Å²) in [5, 5.41) is 3.64. The highest BCUT2D eigenvalue weighted by molar-refractivity contribution is 4.86. The second-order valence-electron chi connectivity index (χ2n) is 6.21. The van der Waals surface area contributed by atoms with Crippen LogP contribution in [-0.2, 0) is 4.74 Å². The van der Waals surface area contributed by atoms with Gasteiger partial charge >= 0.3 is 0 Å². The summed E-state index contributed by atoms with van der Waals surface area (Å²) in [7, 11) is 0. The zero-order valence-corrected chi connectivity index (χ0v) is 11.0. The van der Waals surface area contributed by atoms with Crippen LogP contribution in [0.4, 0.5) is 0 Å². The highest BCUT2D eigenvalue weighted by atomic mass is 16.5. The Morgan fingerprint density at radius 2 is 2.12 bits per heavy atom. The Balaban J connectivity index is 1.75. The van der Waals surface area contributed by atoms with E-state index in [1.165, 1.54) is 19.4 Å². The molecule has 1 atom stereocenters. The molecule has 1 aliphatic heterocycles. The molecule has 1 unspecified atom stereocenters. The van der Waals surface area contributed by atoms with Crippen molar-refractivity contribution >= 4 is 0 Å². The maximum absolute atomic E-state index is 5.48.